The molecule has 162 valence electrons. The van der Waals surface area contributed by atoms with Gasteiger partial charge >= 0.3 is 0 Å². The Labute approximate surface area is 201 Å². The Balaban J connectivity index is 1.56. The van der Waals surface area contributed by atoms with Gasteiger partial charge in [-0.2, -0.15) is 0 Å². The predicted octanol–water partition coefficient (Wildman–Crippen LogP) is 9.17. The van der Waals surface area contributed by atoms with Gasteiger partial charge in [-0.15, -0.1) is 11.3 Å². The van der Waals surface area contributed by atoms with E-state index in [1.165, 1.54) is 42.0 Å². The van der Waals surface area contributed by atoms with E-state index in [0.29, 0.717) is 0 Å². The van der Waals surface area contributed by atoms with Crippen LogP contribution in [0.3, 0.4) is 0 Å². The molecule has 7 rings (SSSR count). The standard InChI is InChI=1S/C31H22N2S/c1-32-27-18-16-23(33(21-10-4-2-5-11-21)22-12-6-3-7-13-22)20-26(27)30-28(32)19-17-25-24-14-8-9-15-29(24)34-31(25)30/h2-20H,1H3. The van der Waals surface area contributed by atoms with Crippen molar-refractivity contribution in [2.24, 2.45) is 7.05 Å². The van der Waals surface area contributed by atoms with Gasteiger partial charge in [0.1, 0.15) is 0 Å². The Kier molecular flexibility index (Phi) is 4.26. The predicted molar refractivity (Wildman–Crippen MR) is 148 cm³/mol. The maximum atomic E-state index is 2.36. The molecule has 34 heavy (non-hydrogen) atoms. The zero-order valence-electron chi connectivity index (χ0n) is 18.8. The molecule has 0 unspecified atom stereocenters. The molecular formula is C31H22N2S. The molecule has 0 saturated carbocycles. The monoisotopic (exact) mass is 454 g/mol. The Morgan fingerprint density at radius 3 is 1.94 bits per heavy atom. The molecule has 0 atom stereocenters. The number of hydrogen-bond donors (Lipinski definition) is 0. The van der Waals surface area contributed by atoms with Gasteiger partial charge in [0, 0.05) is 60.6 Å². The Morgan fingerprint density at radius 2 is 1.21 bits per heavy atom. The average molecular weight is 455 g/mol. The van der Waals surface area contributed by atoms with Crippen molar-refractivity contribution >= 4 is 70.4 Å². The smallest absolute Gasteiger partial charge is 0.0503 e. The Bertz CT molecular complexity index is 1770. The molecule has 0 saturated heterocycles. The van der Waals surface area contributed by atoms with E-state index in [-0.39, 0.29) is 0 Å². The van der Waals surface area contributed by atoms with Crippen LogP contribution in [0.4, 0.5) is 17.1 Å². The first kappa shape index (κ1) is 19.4. The molecular weight excluding hydrogens is 432 g/mol. The molecule has 0 N–H and O–H groups in total. The van der Waals surface area contributed by atoms with Crippen molar-refractivity contribution in [1.82, 2.24) is 4.57 Å². The quantitative estimate of drug-likeness (QED) is 0.258. The van der Waals surface area contributed by atoms with Gasteiger partial charge < -0.3 is 9.47 Å². The SMILES string of the molecule is Cn1c2ccc(N(c3ccccc3)c3ccccc3)cc2c2c3sc4ccccc4c3ccc21. The van der Waals surface area contributed by atoms with E-state index >= 15 is 0 Å². The highest BCUT2D eigenvalue weighted by Gasteiger charge is 2.18. The minimum absolute atomic E-state index is 1.15. The first-order valence-corrected chi connectivity index (χ1v) is 12.3. The van der Waals surface area contributed by atoms with Crippen molar-refractivity contribution in [1.29, 1.82) is 0 Å². The van der Waals surface area contributed by atoms with Gasteiger partial charge in [-0.3, -0.25) is 0 Å². The molecule has 0 fully saturated rings. The fourth-order valence-electron chi connectivity index (χ4n) is 5.21. The molecule has 0 aliphatic rings. The van der Waals surface area contributed by atoms with Gasteiger partial charge in [0.2, 0.25) is 0 Å². The molecule has 2 aromatic heterocycles. The van der Waals surface area contributed by atoms with Gasteiger partial charge in [-0.25, -0.2) is 0 Å². The molecule has 0 radical (unpaired) electrons. The first-order chi connectivity index (χ1) is 16.8. The maximum absolute atomic E-state index is 2.36. The minimum Gasteiger partial charge on any atom is -0.344 e. The lowest BCUT2D eigenvalue weighted by Gasteiger charge is -2.25. The molecule has 0 amide bonds. The first-order valence-electron chi connectivity index (χ1n) is 11.5. The van der Waals surface area contributed by atoms with Crippen molar-refractivity contribution in [3.8, 4) is 0 Å². The molecule has 3 heteroatoms. The zero-order chi connectivity index (χ0) is 22.6. The molecule has 0 aliphatic heterocycles. The number of aromatic nitrogens is 1. The minimum atomic E-state index is 1.15. The summed E-state index contributed by atoms with van der Waals surface area (Å²) >= 11 is 1.90. The van der Waals surface area contributed by atoms with E-state index in [1.54, 1.807) is 0 Å². The average Bonchev–Trinajstić information content (AvgIpc) is 3.41. The van der Waals surface area contributed by atoms with Gasteiger partial charge in [0.25, 0.3) is 0 Å². The molecule has 7 aromatic rings. The lowest BCUT2D eigenvalue weighted by molar-refractivity contribution is 1.01. The number of rotatable bonds is 3. The number of anilines is 3. The molecule has 5 aromatic carbocycles. The summed E-state index contributed by atoms with van der Waals surface area (Å²) in [6.45, 7) is 0. The summed E-state index contributed by atoms with van der Waals surface area (Å²) in [5.74, 6) is 0. The van der Waals surface area contributed by atoms with Crippen molar-refractivity contribution in [2.45, 2.75) is 0 Å². The number of aryl methyl sites for hydroxylation is 1. The third kappa shape index (κ3) is 2.81. The molecule has 0 aliphatic carbocycles. The topological polar surface area (TPSA) is 8.17 Å². The normalized spacial score (nSPS) is 11.7. The Hall–Kier alpha value is -4.08. The van der Waals surface area contributed by atoms with E-state index in [9.17, 15) is 0 Å². The fraction of sp³-hybridized carbons (Fsp3) is 0.0323. The summed E-state index contributed by atoms with van der Waals surface area (Å²) in [4.78, 5) is 2.34. The highest BCUT2D eigenvalue weighted by atomic mass is 32.1. The second kappa shape index (κ2) is 7.47. The van der Waals surface area contributed by atoms with E-state index in [4.69, 9.17) is 0 Å². The molecule has 0 bridgehead atoms. The number of benzene rings is 5. The van der Waals surface area contributed by atoms with Crippen molar-refractivity contribution < 1.29 is 0 Å². The van der Waals surface area contributed by atoms with Crippen LogP contribution >= 0.6 is 11.3 Å². The zero-order valence-corrected chi connectivity index (χ0v) is 19.6. The van der Waals surface area contributed by atoms with Crippen molar-refractivity contribution in [3.05, 3.63) is 115 Å². The second-order valence-corrected chi connectivity index (χ2v) is 9.75. The van der Waals surface area contributed by atoms with Crippen LogP contribution in [0.1, 0.15) is 0 Å². The summed E-state index contributed by atoms with van der Waals surface area (Å²) < 4.78 is 5.04. The van der Waals surface area contributed by atoms with E-state index < -0.39 is 0 Å². The highest BCUT2D eigenvalue weighted by molar-refractivity contribution is 7.26. The molecule has 2 nitrogen and oxygen atoms in total. The number of fused-ring (bicyclic) bond motifs is 7. The highest BCUT2D eigenvalue weighted by Crippen LogP contribution is 2.44. The summed E-state index contributed by atoms with van der Waals surface area (Å²) in [7, 11) is 2.18. The summed E-state index contributed by atoms with van der Waals surface area (Å²) in [6, 6.07) is 41.4. The van der Waals surface area contributed by atoms with Crippen molar-refractivity contribution in [3.63, 3.8) is 0 Å². The van der Waals surface area contributed by atoms with E-state index in [2.05, 4.69) is 132 Å². The van der Waals surface area contributed by atoms with E-state index in [1.807, 2.05) is 11.3 Å². The lowest BCUT2D eigenvalue weighted by atomic mass is 10.1. The number of hydrogen-bond acceptors (Lipinski definition) is 2. The van der Waals surface area contributed by atoms with E-state index in [0.717, 1.165) is 17.1 Å². The van der Waals surface area contributed by atoms with Gasteiger partial charge in [-0.1, -0.05) is 60.7 Å². The van der Waals surface area contributed by atoms with Crippen LogP contribution in [0, 0.1) is 0 Å². The van der Waals surface area contributed by atoms with Crippen LogP contribution in [0.25, 0.3) is 42.0 Å². The molecule has 2 heterocycles. The van der Waals surface area contributed by atoms with Crippen LogP contribution in [-0.4, -0.2) is 4.57 Å². The van der Waals surface area contributed by atoms with Crippen LogP contribution in [-0.2, 0) is 7.05 Å². The number of para-hydroxylation sites is 2. The number of nitrogens with zero attached hydrogens (tertiary/aromatic N) is 2. The van der Waals surface area contributed by atoms with Gasteiger partial charge in [0.15, 0.2) is 0 Å². The van der Waals surface area contributed by atoms with Crippen LogP contribution in [0.2, 0.25) is 0 Å². The van der Waals surface area contributed by atoms with Gasteiger partial charge in [0.05, 0.1) is 5.52 Å². The summed E-state index contributed by atoms with van der Waals surface area (Å²) in [5, 5.41) is 5.32. The van der Waals surface area contributed by atoms with Crippen molar-refractivity contribution in [2.75, 3.05) is 4.90 Å². The fourth-order valence-corrected chi connectivity index (χ4v) is 6.46. The third-order valence-corrected chi connectivity index (χ3v) is 7.99. The van der Waals surface area contributed by atoms with Crippen LogP contribution in [0.5, 0.6) is 0 Å². The van der Waals surface area contributed by atoms with Gasteiger partial charge in [-0.05, 0) is 54.6 Å². The second-order valence-electron chi connectivity index (χ2n) is 8.70. The third-order valence-electron chi connectivity index (χ3n) is 6.78. The van der Waals surface area contributed by atoms with Crippen LogP contribution < -0.4 is 4.90 Å². The van der Waals surface area contributed by atoms with Crippen LogP contribution in [0.15, 0.2) is 115 Å². The molecule has 0 spiro atoms. The Morgan fingerprint density at radius 1 is 0.559 bits per heavy atom. The summed E-state index contributed by atoms with van der Waals surface area (Å²) in [5.41, 5.74) is 6.00. The maximum Gasteiger partial charge on any atom is 0.0503 e. The lowest BCUT2D eigenvalue weighted by Crippen LogP contribution is -2.09. The summed E-state index contributed by atoms with van der Waals surface area (Å²) in [6.07, 6.45) is 0. The number of thiophene rings is 1. The largest absolute Gasteiger partial charge is 0.344 e.